The second-order valence-corrected chi connectivity index (χ2v) is 7.29. The predicted molar refractivity (Wildman–Crippen MR) is 112 cm³/mol. The van der Waals surface area contributed by atoms with Crippen LogP contribution in [0.1, 0.15) is 21.5 Å². The van der Waals surface area contributed by atoms with Crippen LogP contribution in [0, 0.1) is 13.8 Å². The smallest absolute Gasteiger partial charge is 0.258 e. The lowest BCUT2D eigenvalue weighted by molar-refractivity contribution is 0.102. The van der Waals surface area contributed by atoms with Gasteiger partial charge < -0.3 is 14.8 Å². The maximum atomic E-state index is 13.0. The first kappa shape index (κ1) is 19.8. The first-order chi connectivity index (χ1) is 13.5. The summed E-state index contributed by atoms with van der Waals surface area (Å²) in [6, 6.07) is 15.0. The molecule has 0 aliphatic carbocycles. The van der Waals surface area contributed by atoms with Crippen molar-refractivity contribution in [2.75, 3.05) is 19.5 Å². The summed E-state index contributed by atoms with van der Waals surface area (Å²) in [5.74, 6) is 0.930. The minimum atomic E-state index is -0.258. The van der Waals surface area contributed by atoms with Gasteiger partial charge in [-0.25, -0.2) is 4.98 Å². The molecule has 0 unspecified atom stereocenters. The second kappa shape index (κ2) is 8.80. The highest BCUT2D eigenvalue weighted by Crippen LogP contribution is 2.32. The number of ether oxygens (including phenoxy) is 2. The summed E-state index contributed by atoms with van der Waals surface area (Å²) in [6.45, 7) is 4.14. The van der Waals surface area contributed by atoms with E-state index in [9.17, 15) is 4.79 Å². The van der Waals surface area contributed by atoms with Gasteiger partial charge in [0.2, 0.25) is 0 Å². The van der Waals surface area contributed by atoms with Gasteiger partial charge in [-0.05, 0) is 61.4 Å². The van der Waals surface area contributed by atoms with Crippen molar-refractivity contribution in [3.63, 3.8) is 0 Å². The normalized spacial score (nSPS) is 10.4. The van der Waals surface area contributed by atoms with Gasteiger partial charge in [0.25, 0.3) is 5.91 Å². The van der Waals surface area contributed by atoms with E-state index in [4.69, 9.17) is 9.47 Å². The van der Waals surface area contributed by atoms with Gasteiger partial charge in [-0.3, -0.25) is 4.79 Å². The fraction of sp³-hybridized carbons (Fsp3) is 0.182. The summed E-state index contributed by atoms with van der Waals surface area (Å²) in [4.78, 5) is 18.4. The molecule has 2 aromatic carbocycles. The maximum absolute atomic E-state index is 13.0. The zero-order chi connectivity index (χ0) is 20.1. The van der Waals surface area contributed by atoms with Gasteiger partial charge in [0.1, 0.15) is 16.5 Å². The van der Waals surface area contributed by atoms with Crippen molar-refractivity contribution in [3.8, 4) is 11.5 Å². The lowest BCUT2D eigenvalue weighted by Crippen LogP contribution is -2.14. The Morgan fingerprint density at radius 2 is 1.82 bits per heavy atom. The van der Waals surface area contributed by atoms with E-state index in [1.54, 1.807) is 50.7 Å². The van der Waals surface area contributed by atoms with E-state index in [1.807, 2.05) is 6.07 Å². The summed E-state index contributed by atoms with van der Waals surface area (Å²) in [7, 11) is 3.13. The van der Waals surface area contributed by atoms with Crippen LogP contribution in [0.15, 0.2) is 64.6 Å². The molecule has 0 aliphatic rings. The van der Waals surface area contributed by atoms with Crippen molar-refractivity contribution in [1.29, 1.82) is 0 Å². The van der Waals surface area contributed by atoms with Crippen molar-refractivity contribution in [3.05, 3.63) is 71.4 Å². The molecule has 1 aromatic heterocycles. The molecule has 0 saturated heterocycles. The fourth-order valence-corrected chi connectivity index (χ4v) is 3.61. The van der Waals surface area contributed by atoms with Crippen molar-refractivity contribution < 1.29 is 14.3 Å². The van der Waals surface area contributed by atoms with Gasteiger partial charge in [-0.1, -0.05) is 17.8 Å². The lowest BCUT2D eigenvalue weighted by Gasteiger charge is -2.13. The summed E-state index contributed by atoms with van der Waals surface area (Å²) in [6.07, 6.45) is 1.69. The number of amides is 1. The van der Waals surface area contributed by atoms with Crippen LogP contribution < -0.4 is 14.8 Å². The Bertz CT molecular complexity index is 1000. The Kier molecular flexibility index (Phi) is 6.21. The molecule has 5 nitrogen and oxygen atoms in total. The predicted octanol–water partition coefficient (Wildman–Crippen LogP) is 5.12. The molecule has 3 rings (SSSR count). The number of benzene rings is 2. The molecule has 1 heterocycles. The van der Waals surface area contributed by atoms with E-state index in [0.717, 1.165) is 4.90 Å². The van der Waals surface area contributed by atoms with Crippen LogP contribution in [0.3, 0.4) is 0 Å². The van der Waals surface area contributed by atoms with Crippen LogP contribution in [0.5, 0.6) is 11.5 Å². The molecule has 0 atom stereocenters. The van der Waals surface area contributed by atoms with E-state index in [0.29, 0.717) is 27.8 Å². The largest absolute Gasteiger partial charge is 0.497 e. The van der Waals surface area contributed by atoms with Gasteiger partial charge in [0, 0.05) is 17.2 Å². The Balaban J connectivity index is 1.88. The molecular formula is C22H22N2O3S. The number of rotatable bonds is 6. The van der Waals surface area contributed by atoms with E-state index in [2.05, 4.69) is 36.3 Å². The Morgan fingerprint density at radius 3 is 2.54 bits per heavy atom. The highest BCUT2D eigenvalue weighted by atomic mass is 32.2. The molecule has 0 spiro atoms. The average Bonchev–Trinajstić information content (AvgIpc) is 2.71. The van der Waals surface area contributed by atoms with Crippen molar-refractivity contribution in [1.82, 2.24) is 4.98 Å². The number of aryl methyl sites for hydroxylation is 2. The van der Waals surface area contributed by atoms with Crippen LogP contribution in [-0.4, -0.2) is 25.1 Å². The standard InChI is InChI=1S/C22H22N2O3S/c1-14-7-9-17(12-15(14)2)28-22-18(6-5-11-23-22)21(25)24-19-13-16(26-3)8-10-20(19)27-4/h5-13H,1-4H3,(H,24,25). The molecular weight excluding hydrogens is 372 g/mol. The SMILES string of the molecule is COc1ccc(OC)c(NC(=O)c2cccnc2Sc2ccc(C)c(C)c2)c1. The Morgan fingerprint density at radius 1 is 1.00 bits per heavy atom. The molecule has 0 aliphatic heterocycles. The monoisotopic (exact) mass is 394 g/mol. The number of anilines is 1. The number of carbonyl (C=O) groups excluding carboxylic acids is 1. The molecule has 0 bridgehead atoms. The molecule has 0 saturated carbocycles. The van der Waals surface area contributed by atoms with Crippen LogP contribution in [0.4, 0.5) is 5.69 Å². The first-order valence-corrected chi connectivity index (χ1v) is 9.57. The third-order valence-electron chi connectivity index (χ3n) is 4.36. The van der Waals surface area contributed by atoms with Gasteiger partial charge in [-0.2, -0.15) is 0 Å². The zero-order valence-electron chi connectivity index (χ0n) is 16.3. The lowest BCUT2D eigenvalue weighted by atomic mass is 10.1. The fourth-order valence-electron chi connectivity index (χ4n) is 2.64. The van der Waals surface area contributed by atoms with Gasteiger partial charge >= 0.3 is 0 Å². The molecule has 0 radical (unpaired) electrons. The van der Waals surface area contributed by atoms with Crippen molar-refractivity contribution in [2.45, 2.75) is 23.8 Å². The average molecular weight is 394 g/mol. The number of nitrogens with one attached hydrogen (secondary N) is 1. The number of pyridine rings is 1. The van der Waals surface area contributed by atoms with Crippen LogP contribution in [0.25, 0.3) is 0 Å². The number of methoxy groups -OCH3 is 2. The second-order valence-electron chi connectivity index (χ2n) is 6.22. The van der Waals surface area contributed by atoms with Crippen molar-refractivity contribution in [2.24, 2.45) is 0 Å². The third kappa shape index (κ3) is 4.46. The Hall–Kier alpha value is -2.99. The molecule has 144 valence electrons. The molecule has 1 amide bonds. The summed E-state index contributed by atoms with van der Waals surface area (Å²) >= 11 is 1.47. The minimum Gasteiger partial charge on any atom is -0.497 e. The van der Waals surface area contributed by atoms with E-state index in [1.165, 1.54) is 22.9 Å². The van der Waals surface area contributed by atoms with Crippen LogP contribution in [0.2, 0.25) is 0 Å². The van der Waals surface area contributed by atoms with Gasteiger partial charge in [0.15, 0.2) is 0 Å². The minimum absolute atomic E-state index is 0.258. The number of hydrogen-bond donors (Lipinski definition) is 1. The molecule has 1 N–H and O–H groups in total. The van der Waals surface area contributed by atoms with Crippen LogP contribution in [-0.2, 0) is 0 Å². The molecule has 28 heavy (non-hydrogen) atoms. The van der Waals surface area contributed by atoms with Crippen molar-refractivity contribution >= 4 is 23.4 Å². The number of aromatic nitrogens is 1. The Labute approximate surface area is 169 Å². The van der Waals surface area contributed by atoms with E-state index < -0.39 is 0 Å². The van der Waals surface area contributed by atoms with E-state index in [-0.39, 0.29) is 5.91 Å². The molecule has 3 aromatic rings. The van der Waals surface area contributed by atoms with Gasteiger partial charge in [0.05, 0.1) is 25.5 Å². The summed E-state index contributed by atoms with van der Waals surface area (Å²) in [5.41, 5.74) is 3.47. The molecule has 6 heteroatoms. The molecule has 0 fully saturated rings. The maximum Gasteiger partial charge on any atom is 0.258 e. The summed E-state index contributed by atoms with van der Waals surface area (Å²) < 4.78 is 10.6. The number of nitrogens with zero attached hydrogens (tertiary/aromatic N) is 1. The summed E-state index contributed by atoms with van der Waals surface area (Å²) in [5, 5.41) is 3.55. The van der Waals surface area contributed by atoms with Crippen LogP contribution >= 0.6 is 11.8 Å². The third-order valence-corrected chi connectivity index (χ3v) is 5.37. The topological polar surface area (TPSA) is 60.5 Å². The van der Waals surface area contributed by atoms with E-state index >= 15 is 0 Å². The quantitative estimate of drug-likeness (QED) is 0.629. The highest BCUT2D eigenvalue weighted by molar-refractivity contribution is 7.99. The first-order valence-electron chi connectivity index (χ1n) is 8.75. The van der Waals surface area contributed by atoms with Gasteiger partial charge in [-0.15, -0.1) is 0 Å². The number of hydrogen-bond acceptors (Lipinski definition) is 5. The number of carbonyl (C=O) groups is 1. The zero-order valence-corrected chi connectivity index (χ0v) is 17.1. The highest BCUT2D eigenvalue weighted by Gasteiger charge is 2.16.